The molecule has 0 saturated carbocycles. The fourth-order valence-corrected chi connectivity index (χ4v) is 6.25. The Kier molecular flexibility index (Phi) is 39.2. The van der Waals surface area contributed by atoms with Crippen molar-refractivity contribution in [1.82, 2.24) is 0 Å². The lowest BCUT2D eigenvalue weighted by Crippen LogP contribution is -2.29. The van der Waals surface area contributed by atoms with E-state index in [1.807, 2.05) is 12.2 Å². The number of phosphoric ester groups is 1. The molecule has 0 aromatic rings. The van der Waals surface area contributed by atoms with Crippen LogP contribution in [0.3, 0.4) is 0 Å². The van der Waals surface area contributed by atoms with Gasteiger partial charge in [0.15, 0.2) is 6.10 Å². The predicted octanol–water partition coefficient (Wildman–Crippen LogP) is 12.3. The largest absolute Gasteiger partial charge is 0.472 e. The number of phosphoric acid groups is 1. The van der Waals surface area contributed by atoms with Gasteiger partial charge in [0.25, 0.3) is 0 Å². The highest BCUT2D eigenvalue weighted by molar-refractivity contribution is 7.47. The summed E-state index contributed by atoms with van der Waals surface area (Å²) < 4.78 is 32.7. The first-order valence-corrected chi connectivity index (χ1v) is 22.9. The summed E-state index contributed by atoms with van der Waals surface area (Å²) in [7, 11) is -4.39. The summed E-state index contributed by atoms with van der Waals surface area (Å²) in [5.41, 5.74) is 5.34. The molecular formula is C45H78NO8P. The van der Waals surface area contributed by atoms with Gasteiger partial charge in [-0.25, -0.2) is 4.57 Å². The number of allylic oxidation sites excluding steroid dienone is 12. The molecule has 9 nitrogen and oxygen atoms in total. The molecule has 0 spiro atoms. The highest BCUT2D eigenvalue weighted by Gasteiger charge is 2.25. The van der Waals surface area contributed by atoms with Crippen molar-refractivity contribution in [2.45, 2.75) is 174 Å². The predicted molar refractivity (Wildman–Crippen MR) is 229 cm³/mol. The van der Waals surface area contributed by atoms with Crippen molar-refractivity contribution in [2.24, 2.45) is 5.73 Å². The van der Waals surface area contributed by atoms with Crippen LogP contribution in [0.15, 0.2) is 72.9 Å². The fourth-order valence-electron chi connectivity index (χ4n) is 5.48. The van der Waals surface area contributed by atoms with Gasteiger partial charge in [-0.2, -0.15) is 0 Å². The number of carbonyl (C=O) groups is 2. The number of esters is 2. The topological polar surface area (TPSA) is 134 Å². The quantitative estimate of drug-likeness (QED) is 0.0270. The van der Waals surface area contributed by atoms with Crippen molar-refractivity contribution in [1.29, 1.82) is 0 Å². The number of ether oxygens (including phenoxy) is 2. The second-order valence-corrected chi connectivity index (χ2v) is 15.3. The van der Waals surface area contributed by atoms with E-state index in [0.29, 0.717) is 12.8 Å². The Hall–Kier alpha value is -2.55. The molecule has 55 heavy (non-hydrogen) atoms. The molecule has 10 heteroatoms. The molecule has 316 valence electrons. The van der Waals surface area contributed by atoms with Gasteiger partial charge in [-0.15, -0.1) is 0 Å². The monoisotopic (exact) mass is 792 g/mol. The number of nitrogens with two attached hydrogens (primary N) is 1. The van der Waals surface area contributed by atoms with Crippen molar-refractivity contribution in [3.63, 3.8) is 0 Å². The lowest BCUT2D eigenvalue weighted by atomic mass is 10.0. The standard InChI is InChI=1S/C45H78NO8P/c1-3-5-7-9-11-13-15-17-19-20-21-22-24-25-27-29-31-33-35-37-44(47)51-41-43(42-53-55(49,50)52-40-39-46)54-45(48)38-36-34-32-30-28-26-23-18-16-14-12-10-8-6-4-2/h5,7,11,13,17,19,21-22,25,27,31,33,43H,3-4,6,8-10,12,14-16,18,20,23-24,26,28-30,32,34-42,46H2,1-2H3,(H,49,50). The van der Waals surface area contributed by atoms with Crippen LogP contribution < -0.4 is 5.73 Å². The third-order valence-electron chi connectivity index (χ3n) is 8.62. The zero-order chi connectivity index (χ0) is 40.3. The van der Waals surface area contributed by atoms with Crippen molar-refractivity contribution in [2.75, 3.05) is 26.4 Å². The molecule has 0 radical (unpaired) electrons. The highest BCUT2D eigenvalue weighted by atomic mass is 31.2. The van der Waals surface area contributed by atoms with E-state index < -0.39 is 32.5 Å². The maximum absolute atomic E-state index is 12.6. The molecule has 2 unspecified atom stereocenters. The average molecular weight is 792 g/mol. The van der Waals surface area contributed by atoms with Crippen LogP contribution in [0.25, 0.3) is 0 Å². The average Bonchev–Trinajstić information content (AvgIpc) is 3.17. The van der Waals surface area contributed by atoms with E-state index in [0.717, 1.165) is 57.8 Å². The van der Waals surface area contributed by atoms with Crippen molar-refractivity contribution in [3.05, 3.63) is 72.9 Å². The van der Waals surface area contributed by atoms with E-state index >= 15 is 0 Å². The first-order chi connectivity index (χ1) is 26.8. The van der Waals surface area contributed by atoms with Crippen LogP contribution in [0.1, 0.15) is 168 Å². The smallest absolute Gasteiger partial charge is 0.462 e. The molecule has 0 bridgehead atoms. The van der Waals surface area contributed by atoms with Crippen LogP contribution in [0.5, 0.6) is 0 Å². The van der Waals surface area contributed by atoms with E-state index in [1.165, 1.54) is 70.6 Å². The highest BCUT2D eigenvalue weighted by Crippen LogP contribution is 2.43. The van der Waals surface area contributed by atoms with Gasteiger partial charge in [0, 0.05) is 19.4 Å². The molecular weight excluding hydrogens is 713 g/mol. The molecule has 0 saturated heterocycles. The number of carbonyl (C=O) groups excluding carboxylic acids is 2. The molecule has 0 heterocycles. The molecule has 0 aliphatic carbocycles. The molecule has 0 fully saturated rings. The Labute approximate surface area is 335 Å². The first kappa shape index (κ1) is 52.5. The third-order valence-corrected chi connectivity index (χ3v) is 9.60. The molecule has 3 N–H and O–H groups in total. The third kappa shape index (κ3) is 40.9. The normalized spacial score (nSPS) is 14.0. The summed E-state index contributed by atoms with van der Waals surface area (Å²) in [5.74, 6) is -0.928. The minimum Gasteiger partial charge on any atom is -0.462 e. The van der Waals surface area contributed by atoms with Crippen molar-refractivity contribution >= 4 is 19.8 Å². The second-order valence-electron chi connectivity index (χ2n) is 13.8. The van der Waals surface area contributed by atoms with E-state index in [2.05, 4.69) is 74.6 Å². The summed E-state index contributed by atoms with van der Waals surface area (Å²) in [5, 5.41) is 0. The number of unbranched alkanes of at least 4 members (excludes halogenated alkanes) is 14. The van der Waals surface area contributed by atoms with Crippen LogP contribution in [0, 0.1) is 0 Å². The molecule has 0 aromatic heterocycles. The van der Waals surface area contributed by atoms with Crippen molar-refractivity contribution in [3.8, 4) is 0 Å². The number of hydrogen-bond acceptors (Lipinski definition) is 8. The van der Waals surface area contributed by atoms with Gasteiger partial charge < -0.3 is 20.1 Å². The Morgan fingerprint density at radius 2 is 1.00 bits per heavy atom. The summed E-state index contributed by atoms with van der Waals surface area (Å²) in [6.45, 7) is 3.53. The maximum atomic E-state index is 12.6. The van der Waals surface area contributed by atoms with Gasteiger partial charge in [-0.05, 0) is 51.4 Å². The lowest BCUT2D eigenvalue weighted by Gasteiger charge is -2.19. The summed E-state index contributed by atoms with van der Waals surface area (Å²) in [6.07, 6.45) is 49.4. The summed E-state index contributed by atoms with van der Waals surface area (Å²) in [6, 6.07) is 0. The maximum Gasteiger partial charge on any atom is 0.472 e. The zero-order valence-electron chi connectivity index (χ0n) is 34.6. The molecule has 0 amide bonds. The first-order valence-electron chi connectivity index (χ1n) is 21.4. The van der Waals surface area contributed by atoms with Gasteiger partial charge >= 0.3 is 19.8 Å². The number of rotatable bonds is 39. The fraction of sp³-hybridized carbons (Fsp3) is 0.689. The number of hydrogen-bond donors (Lipinski definition) is 2. The molecule has 0 aliphatic rings. The molecule has 2 atom stereocenters. The minimum absolute atomic E-state index is 0.0416. The van der Waals surface area contributed by atoms with Gasteiger partial charge in [0.1, 0.15) is 6.61 Å². The molecule has 0 aromatic carbocycles. The molecule has 0 aliphatic heterocycles. The zero-order valence-corrected chi connectivity index (χ0v) is 35.5. The lowest BCUT2D eigenvalue weighted by molar-refractivity contribution is -0.161. The van der Waals surface area contributed by atoms with Crippen LogP contribution in [0.4, 0.5) is 0 Å². The Morgan fingerprint density at radius 3 is 1.45 bits per heavy atom. The van der Waals surface area contributed by atoms with E-state index in [4.69, 9.17) is 24.3 Å². The van der Waals surface area contributed by atoms with Crippen LogP contribution in [-0.2, 0) is 32.7 Å². The summed E-state index contributed by atoms with van der Waals surface area (Å²) >= 11 is 0. The van der Waals surface area contributed by atoms with Crippen LogP contribution >= 0.6 is 7.82 Å². The van der Waals surface area contributed by atoms with Crippen molar-refractivity contribution < 1.29 is 37.6 Å². The SMILES string of the molecule is CCC=CCC=CCC=CCC=CCC=CCC=CCCC(=O)OCC(COP(=O)(O)OCCN)OC(=O)CCCCCCCCCCCCCCCCC. The van der Waals surface area contributed by atoms with Gasteiger partial charge in [-0.1, -0.05) is 177 Å². The summed E-state index contributed by atoms with van der Waals surface area (Å²) in [4.78, 5) is 34.8. The second kappa shape index (κ2) is 41.1. The van der Waals surface area contributed by atoms with E-state index in [-0.39, 0.29) is 32.6 Å². The minimum atomic E-state index is -4.39. The van der Waals surface area contributed by atoms with Gasteiger partial charge in [-0.3, -0.25) is 18.6 Å². The molecule has 0 rings (SSSR count). The van der Waals surface area contributed by atoms with Gasteiger partial charge in [0.2, 0.25) is 0 Å². The van der Waals surface area contributed by atoms with Crippen LogP contribution in [-0.4, -0.2) is 49.3 Å². The Morgan fingerprint density at radius 1 is 0.564 bits per heavy atom. The van der Waals surface area contributed by atoms with E-state index in [9.17, 15) is 19.0 Å². The Balaban J connectivity index is 4.29. The van der Waals surface area contributed by atoms with Gasteiger partial charge in [0.05, 0.1) is 13.2 Å². The Bertz CT molecular complexity index is 1130. The van der Waals surface area contributed by atoms with E-state index in [1.54, 1.807) is 0 Å². The van der Waals surface area contributed by atoms with Crippen LogP contribution in [0.2, 0.25) is 0 Å².